The molecule has 0 unspecified atom stereocenters. The summed E-state index contributed by atoms with van der Waals surface area (Å²) in [4.78, 5) is 28.5. The number of rotatable bonds is 5. The Balaban J connectivity index is 1.71. The average Bonchev–Trinajstić information content (AvgIpc) is 3.29. The van der Waals surface area contributed by atoms with E-state index in [9.17, 15) is 18.0 Å². The molecule has 0 spiro atoms. The molecule has 164 valence electrons. The molecule has 0 N–H and O–H groups in total. The molecule has 1 amide bonds. The Morgan fingerprint density at radius 2 is 1.97 bits per heavy atom. The highest BCUT2D eigenvalue weighted by atomic mass is 32.2. The molecule has 1 fully saturated rings. The van der Waals surface area contributed by atoms with Gasteiger partial charge in [0.2, 0.25) is 5.76 Å². The lowest BCUT2D eigenvalue weighted by atomic mass is 9.97. The monoisotopic (exact) mass is 451 g/mol. The molecule has 0 aliphatic carbocycles. The van der Waals surface area contributed by atoms with Crippen LogP contribution >= 0.6 is 0 Å². The number of carbonyl (C=O) groups excluding carboxylic acids is 1. The molecular weight excluding hydrogens is 430 g/mol. The number of hydrogen-bond acceptors (Lipinski definition) is 6. The van der Waals surface area contributed by atoms with Gasteiger partial charge in [0.05, 0.1) is 28.5 Å². The lowest BCUT2D eigenvalue weighted by Gasteiger charge is -2.30. The number of benzene rings is 2. The van der Waals surface area contributed by atoms with Crippen molar-refractivity contribution in [2.75, 3.05) is 18.1 Å². The fourth-order valence-electron chi connectivity index (χ4n) is 4.57. The minimum absolute atomic E-state index is 0.0103. The van der Waals surface area contributed by atoms with Crippen LogP contribution in [0, 0.1) is 0 Å². The Hall–Kier alpha value is -3.39. The van der Waals surface area contributed by atoms with Gasteiger partial charge in [0.15, 0.2) is 15.3 Å². The summed E-state index contributed by atoms with van der Waals surface area (Å²) in [6.07, 6.45) is 1.94. The summed E-state index contributed by atoms with van der Waals surface area (Å²) < 4.78 is 35.9. The van der Waals surface area contributed by atoms with E-state index in [4.69, 9.17) is 9.15 Å². The maximum Gasteiger partial charge on any atom is 0.291 e. The van der Waals surface area contributed by atoms with Gasteiger partial charge >= 0.3 is 0 Å². The van der Waals surface area contributed by atoms with Crippen LogP contribution in [0.2, 0.25) is 0 Å². The van der Waals surface area contributed by atoms with Gasteiger partial charge in [-0.15, -0.1) is 0 Å². The van der Waals surface area contributed by atoms with Crippen molar-refractivity contribution in [1.29, 1.82) is 0 Å². The zero-order valence-corrected chi connectivity index (χ0v) is 18.0. The summed E-state index contributed by atoms with van der Waals surface area (Å²) in [7, 11) is -3.26. The van der Waals surface area contributed by atoms with Gasteiger partial charge in [0.25, 0.3) is 5.91 Å². The van der Waals surface area contributed by atoms with Crippen LogP contribution < -0.4 is 10.2 Å². The van der Waals surface area contributed by atoms with Crippen LogP contribution in [0.15, 0.2) is 70.4 Å². The minimum Gasteiger partial charge on any atom is -0.490 e. The third kappa shape index (κ3) is 3.31. The summed E-state index contributed by atoms with van der Waals surface area (Å²) in [6.45, 7) is 3.95. The number of amides is 1. The highest BCUT2D eigenvalue weighted by Crippen LogP contribution is 2.42. The zero-order valence-electron chi connectivity index (χ0n) is 17.2. The summed E-state index contributed by atoms with van der Waals surface area (Å²) in [5.74, 6) is -0.0554. The number of nitrogens with zero attached hydrogens (tertiary/aromatic N) is 1. The number of fused-ring (bicyclic) bond motifs is 2. The third-order valence-electron chi connectivity index (χ3n) is 5.96. The van der Waals surface area contributed by atoms with E-state index in [0.29, 0.717) is 35.3 Å². The average molecular weight is 452 g/mol. The molecule has 32 heavy (non-hydrogen) atoms. The SMILES string of the molecule is C=CCOc1cccc([C@H]2c3c(oc4ccccc4c3=O)C(=O)N2[C@H]2CCS(=O)(=O)C2)c1. The van der Waals surface area contributed by atoms with Gasteiger partial charge in [-0.3, -0.25) is 9.59 Å². The Labute approximate surface area is 184 Å². The molecule has 0 radical (unpaired) electrons. The molecule has 3 aromatic rings. The third-order valence-corrected chi connectivity index (χ3v) is 7.71. The first-order valence-corrected chi connectivity index (χ1v) is 12.1. The van der Waals surface area contributed by atoms with Crippen LogP contribution in [-0.4, -0.2) is 43.4 Å². The van der Waals surface area contributed by atoms with E-state index in [2.05, 4.69) is 6.58 Å². The summed E-state index contributed by atoms with van der Waals surface area (Å²) >= 11 is 0. The molecule has 0 saturated carbocycles. The van der Waals surface area contributed by atoms with Gasteiger partial charge in [-0.2, -0.15) is 0 Å². The first-order chi connectivity index (χ1) is 15.4. The van der Waals surface area contributed by atoms with Crippen LogP contribution in [-0.2, 0) is 9.84 Å². The van der Waals surface area contributed by atoms with Crippen molar-refractivity contribution in [2.24, 2.45) is 0 Å². The Bertz CT molecular complexity index is 1410. The number of hydrogen-bond donors (Lipinski definition) is 0. The highest BCUT2D eigenvalue weighted by molar-refractivity contribution is 7.91. The van der Waals surface area contributed by atoms with Crippen LogP contribution in [0.25, 0.3) is 11.0 Å². The molecule has 2 aromatic carbocycles. The normalized spacial score (nSPS) is 21.6. The second-order valence-electron chi connectivity index (χ2n) is 8.01. The number of para-hydroxylation sites is 1. The van der Waals surface area contributed by atoms with Crippen molar-refractivity contribution in [2.45, 2.75) is 18.5 Å². The number of sulfone groups is 1. The summed E-state index contributed by atoms with van der Waals surface area (Å²) in [6, 6.07) is 12.6. The smallest absolute Gasteiger partial charge is 0.291 e. The van der Waals surface area contributed by atoms with E-state index in [1.807, 2.05) is 0 Å². The molecule has 3 heterocycles. The predicted octanol–water partition coefficient (Wildman–Crippen LogP) is 3.09. The first kappa shape index (κ1) is 20.5. The van der Waals surface area contributed by atoms with E-state index in [1.165, 1.54) is 4.90 Å². The van der Waals surface area contributed by atoms with Gasteiger partial charge in [-0.1, -0.05) is 36.9 Å². The minimum atomic E-state index is -3.26. The topological polar surface area (TPSA) is 93.9 Å². The lowest BCUT2D eigenvalue weighted by molar-refractivity contribution is 0.0662. The Morgan fingerprint density at radius 3 is 2.72 bits per heavy atom. The quantitative estimate of drug-likeness (QED) is 0.554. The number of ether oxygens (including phenoxy) is 1. The molecule has 2 atom stereocenters. The molecule has 1 aromatic heterocycles. The molecule has 2 aliphatic rings. The van der Waals surface area contributed by atoms with Crippen LogP contribution in [0.4, 0.5) is 0 Å². The number of carbonyl (C=O) groups is 1. The van der Waals surface area contributed by atoms with Crippen molar-refractivity contribution in [3.8, 4) is 5.75 Å². The standard InChI is InChI=1S/C24H21NO6S/c1-2-11-30-17-7-5-6-15(13-17)21-20-22(26)18-8-3-4-9-19(18)31-23(20)24(27)25(21)16-10-12-32(28,29)14-16/h2-9,13,16,21H,1,10-12,14H2/t16-,21-/m0/s1. The molecule has 0 bridgehead atoms. The lowest BCUT2D eigenvalue weighted by Crippen LogP contribution is -2.40. The van der Waals surface area contributed by atoms with E-state index >= 15 is 0 Å². The van der Waals surface area contributed by atoms with Crippen LogP contribution in [0.3, 0.4) is 0 Å². The maximum absolute atomic E-state index is 13.5. The van der Waals surface area contributed by atoms with E-state index in [0.717, 1.165) is 0 Å². The van der Waals surface area contributed by atoms with Crippen LogP contribution in [0.1, 0.15) is 34.1 Å². The fraction of sp³-hybridized carbons (Fsp3) is 0.250. The van der Waals surface area contributed by atoms with Crippen molar-refractivity contribution in [1.82, 2.24) is 4.90 Å². The van der Waals surface area contributed by atoms with Gasteiger partial charge in [0.1, 0.15) is 17.9 Å². The van der Waals surface area contributed by atoms with Gasteiger partial charge < -0.3 is 14.1 Å². The molecule has 7 nitrogen and oxygen atoms in total. The van der Waals surface area contributed by atoms with Gasteiger partial charge in [-0.25, -0.2) is 8.42 Å². The summed E-state index contributed by atoms with van der Waals surface area (Å²) in [5.41, 5.74) is 0.928. The van der Waals surface area contributed by atoms with E-state index < -0.39 is 27.8 Å². The molecule has 2 aliphatic heterocycles. The highest BCUT2D eigenvalue weighted by Gasteiger charge is 2.48. The second-order valence-corrected chi connectivity index (χ2v) is 10.2. The van der Waals surface area contributed by atoms with Gasteiger partial charge in [0, 0.05) is 6.04 Å². The molecule has 8 heteroatoms. The fourth-order valence-corrected chi connectivity index (χ4v) is 6.28. The maximum atomic E-state index is 13.5. The largest absolute Gasteiger partial charge is 0.490 e. The van der Waals surface area contributed by atoms with E-state index in [1.54, 1.807) is 54.6 Å². The molecule has 1 saturated heterocycles. The van der Waals surface area contributed by atoms with E-state index in [-0.39, 0.29) is 28.3 Å². The zero-order chi connectivity index (χ0) is 22.5. The Morgan fingerprint density at radius 1 is 1.16 bits per heavy atom. The first-order valence-electron chi connectivity index (χ1n) is 10.3. The van der Waals surface area contributed by atoms with Crippen molar-refractivity contribution in [3.63, 3.8) is 0 Å². The van der Waals surface area contributed by atoms with Crippen molar-refractivity contribution >= 4 is 26.7 Å². The second kappa shape index (κ2) is 7.63. The predicted molar refractivity (Wildman–Crippen MR) is 120 cm³/mol. The molecule has 5 rings (SSSR count). The van der Waals surface area contributed by atoms with Gasteiger partial charge in [-0.05, 0) is 36.2 Å². The summed E-state index contributed by atoms with van der Waals surface area (Å²) in [5, 5.41) is 0.379. The van der Waals surface area contributed by atoms with Crippen molar-refractivity contribution < 1.29 is 22.4 Å². The van der Waals surface area contributed by atoms with Crippen LogP contribution in [0.5, 0.6) is 5.75 Å². The van der Waals surface area contributed by atoms with Crippen molar-refractivity contribution in [3.05, 3.63) is 88.3 Å². The Kier molecular flexibility index (Phi) is 4.89. The molecular formula is C24H21NO6S.